The Balaban J connectivity index is 1.50. The number of urea groups is 1. The highest BCUT2D eigenvalue weighted by molar-refractivity contribution is 5.95. The number of likely N-dealkylation sites (tertiary alicyclic amines) is 1. The average Bonchev–Trinajstić information content (AvgIpc) is 2.77. The van der Waals surface area contributed by atoms with Crippen LogP contribution in [0, 0.1) is 5.92 Å². The normalized spacial score (nSPS) is 20.1. The van der Waals surface area contributed by atoms with E-state index in [4.69, 9.17) is 9.47 Å². The predicted octanol–water partition coefficient (Wildman–Crippen LogP) is 3.19. The van der Waals surface area contributed by atoms with Gasteiger partial charge in [-0.2, -0.15) is 0 Å². The van der Waals surface area contributed by atoms with Crippen molar-refractivity contribution >= 4 is 11.9 Å². The van der Waals surface area contributed by atoms with Crippen molar-refractivity contribution in [3.05, 3.63) is 23.8 Å². The molecular formula is C22H33N3O4. The van der Waals surface area contributed by atoms with Crippen LogP contribution in [0.5, 0.6) is 11.5 Å². The molecule has 1 saturated heterocycles. The van der Waals surface area contributed by atoms with Gasteiger partial charge in [-0.3, -0.25) is 4.79 Å². The molecule has 1 heterocycles. The Morgan fingerprint density at radius 2 is 1.69 bits per heavy atom. The van der Waals surface area contributed by atoms with E-state index in [1.54, 1.807) is 32.4 Å². The van der Waals surface area contributed by atoms with Gasteiger partial charge in [-0.05, 0) is 43.7 Å². The van der Waals surface area contributed by atoms with Gasteiger partial charge in [-0.25, -0.2) is 4.79 Å². The lowest BCUT2D eigenvalue weighted by Crippen LogP contribution is -2.50. The largest absolute Gasteiger partial charge is 0.497 e. The number of amides is 3. The summed E-state index contributed by atoms with van der Waals surface area (Å²) in [6.45, 7) is 2.02. The van der Waals surface area contributed by atoms with Gasteiger partial charge in [0.2, 0.25) is 0 Å². The Labute approximate surface area is 173 Å². The minimum Gasteiger partial charge on any atom is -0.497 e. The Bertz CT molecular complexity index is 681. The molecule has 0 unspecified atom stereocenters. The molecule has 2 fully saturated rings. The first-order valence-electron chi connectivity index (χ1n) is 10.7. The van der Waals surface area contributed by atoms with Gasteiger partial charge in [0.1, 0.15) is 11.5 Å². The first-order valence-corrected chi connectivity index (χ1v) is 10.7. The number of nitrogens with one attached hydrogen (secondary N) is 2. The van der Waals surface area contributed by atoms with Gasteiger partial charge in [0, 0.05) is 37.3 Å². The van der Waals surface area contributed by atoms with Crippen molar-refractivity contribution in [3.8, 4) is 11.5 Å². The van der Waals surface area contributed by atoms with Crippen LogP contribution in [0.1, 0.15) is 55.3 Å². The standard InChI is InChI=1S/C22H33N3O4/c1-28-19-11-17(12-20(13-19)29-2)21(26)23-14-16-7-6-10-25(15-16)22(27)24-18-8-4-3-5-9-18/h11-13,16,18H,3-10,14-15H2,1-2H3,(H,23,26)(H,24,27)/t16-/m0/s1. The van der Waals surface area contributed by atoms with E-state index in [1.165, 1.54) is 19.3 Å². The molecule has 3 amide bonds. The molecule has 7 nitrogen and oxygen atoms in total. The van der Waals surface area contributed by atoms with Gasteiger partial charge in [-0.1, -0.05) is 19.3 Å². The summed E-state index contributed by atoms with van der Waals surface area (Å²) in [6, 6.07) is 5.50. The third kappa shape index (κ3) is 6.02. The third-order valence-corrected chi connectivity index (χ3v) is 5.90. The molecule has 29 heavy (non-hydrogen) atoms. The van der Waals surface area contributed by atoms with Crippen LogP contribution < -0.4 is 20.1 Å². The van der Waals surface area contributed by atoms with E-state index in [9.17, 15) is 9.59 Å². The lowest BCUT2D eigenvalue weighted by Gasteiger charge is -2.34. The number of hydrogen-bond acceptors (Lipinski definition) is 4. The zero-order chi connectivity index (χ0) is 20.6. The second kappa shape index (κ2) is 10.4. The zero-order valence-corrected chi connectivity index (χ0v) is 17.5. The fraction of sp³-hybridized carbons (Fsp3) is 0.636. The summed E-state index contributed by atoms with van der Waals surface area (Å²) in [5.41, 5.74) is 0.504. The molecule has 1 aromatic rings. The Morgan fingerprint density at radius 3 is 2.34 bits per heavy atom. The minimum absolute atomic E-state index is 0.0467. The minimum atomic E-state index is -0.161. The molecular weight excluding hydrogens is 370 g/mol. The molecule has 1 aliphatic heterocycles. The number of methoxy groups -OCH3 is 2. The fourth-order valence-electron chi connectivity index (χ4n) is 4.21. The molecule has 160 valence electrons. The molecule has 1 atom stereocenters. The summed E-state index contributed by atoms with van der Waals surface area (Å²) in [5, 5.41) is 6.20. The molecule has 1 aliphatic carbocycles. The van der Waals surface area contributed by atoms with Crippen LogP contribution in [0.4, 0.5) is 4.79 Å². The molecule has 0 spiro atoms. The van der Waals surface area contributed by atoms with Crippen molar-refractivity contribution in [1.82, 2.24) is 15.5 Å². The van der Waals surface area contributed by atoms with Crippen LogP contribution in [0.15, 0.2) is 18.2 Å². The van der Waals surface area contributed by atoms with E-state index in [0.717, 1.165) is 32.2 Å². The number of hydrogen-bond donors (Lipinski definition) is 2. The highest BCUT2D eigenvalue weighted by atomic mass is 16.5. The van der Waals surface area contributed by atoms with Crippen molar-refractivity contribution in [1.29, 1.82) is 0 Å². The number of carbonyl (C=O) groups is 2. The van der Waals surface area contributed by atoms with Gasteiger partial charge < -0.3 is 25.0 Å². The van der Waals surface area contributed by atoms with Gasteiger partial charge >= 0.3 is 6.03 Å². The van der Waals surface area contributed by atoms with Crippen LogP contribution in [0.2, 0.25) is 0 Å². The van der Waals surface area contributed by atoms with E-state index in [2.05, 4.69) is 10.6 Å². The second-order valence-corrected chi connectivity index (χ2v) is 8.05. The maximum atomic E-state index is 12.6. The summed E-state index contributed by atoms with van der Waals surface area (Å²) in [5.74, 6) is 1.26. The van der Waals surface area contributed by atoms with Crippen molar-refractivity contribution in [3.63, 3.8) is 0 Å². The van der Waals surface area contributed by atoms with E-state index < -0.39 is 0 Å². The molecule has 0 bridgehead atoms. The molecule has 3 rings (SSSR count). The van der Waals surface area contributed by atoms with Crippen LogP contribution in [-0.2, 0) is 0 Å². The predicted molar refractivity (Wildman–Crippen MR) is 112 cm³/mol. The number of rotatable bonds is 6. The summed E-state index contributed by atoms with van der Waals surface area (Å²) >= 11 is 0. The molecule has 2 N–H and O–H groups in total. The smallest absolute Gasteiger partial charge is 0.317 e. The second-order valence-electron chi connectivity index (χ2n) is 8.05. The zero-order valence-electron chi connectivity index (χ0n) is 17.5. The molecule has 7 heteroatoms. The first kappa shape index (κ1) is 21.3. The summed E-state index contributed by atoms with van der Waals surface area (Å²) in [6.07, 6.45) is 7.83. The molecule has 0 radical (unpaired) electrons. The quantitative estimate of drug-likeness (QED) is 0.765. The van der Waals surface area contributed by atoms with Gasteiger partial charge in [0.15, 0.2) is 0 Å². The number of ether oxygens (including phenoxy) is 2. The molecule has 1 aromatic carbocycles. The number of carbonyl (C=O) groups excluding carboxylic acids is 2. The van der Waals surface area contributed by atoms with Crippen LogP contribution in [-0.4, -0.2) is 56.7 Å². The highest BCUT2D eigenvalue weighted by Gasteiger charge is 2.26. The van der Waals surface area contributed by atoms with E-state index in [0.29, 0.717) is 36.2 Å². The molecule has 2 aliphatic rings. The lowest BCUT2D eigenvalue weighted by atomic mass is 9.95. The van der Waals surface area contributed by atoms with Crippen LogP contribution in [0.3, 0.4) is 0 Å². The van der Waals surface area contributed by atoms with Crippen LogP contribution >= 0.6 is 0 Å². The van der Waals surface area contributed by atoms with E-state index in [1.807, 2.05) is 4.90 Å². The molecule has 1 saturated carbocycles. The monoisotopic (exact) mass is 403 g/mol. The van der Waals surface area contributed by atoms with Gasteiger partial charge in [-0.15, -0.1) is 0 Å². The Hall–Kier alpha value is -2.44. The topological polar surface area (TPSA) is 79.9 Å². The number of benzene rings is 1. The van der Waals surface area contributed by atoms with Crippen molar-refractivity contribution in [2.24, 2.45) is 5.92 Å². The van der Waals surface area contributed by atoms with Crippen molar-refractivity contribution in [2.45, 2.75) is 51.0 Å². The van der Waals surface area contributed by atoms with Gasteiger partial charge in [0.25, 0.3) is 5.91 Å². The van der Waals surface area contributed by atoms with E-state index >= 15 is 0 Å². The number of piperidine rings is 1. The molecule has 0 aromatic heterocycles. The fourth-order valence-corrected chi connectivity index (χ4v) is 4.21. The van der Waals surface area contributed by atoms with Crippen molar-refractivity contribution < 1.29 is 19.1 Å². The number of nitrogens with zero attached hydrogens (tertiary/aromatic N) is 1. The van der Waals surface area contributed by atoms with Crippen LogP contribution in [0.25, 0.3) is 0 Å². The van der Waals surface area contributed by atoms with E-state index in [-0.39, 0.29) is 17.9 Å². The maximum absolute atomic E-state index is 12.6. The lowest BCUT2D eigenvalue weighted by molar-refractivity contribution is 0.0936. The maximum Gasteiger partial charge on any atom is 0.317 e. The SMILES string of the molecule is COc1cc(OC)cc(C(=O)NC[C@@H]2CCCN(C(=O)NC3CCCCC3)C2)c1. The summed E-state index contributed by atoms with van der Waals surface area (Å²) in [7, 11) is 3.12. The highest BCUT2D eigenvalue weighted by Crippen LogP contribution is 2.23. The first-order chi connectivity index (χ1) is 14.1. The Kier molecular flexibility index (Phi) is 7.61. The summed E-state index contributed by atoms with van der Waals surface area (Å²) in [4.78, 5) is 27.1. The Morgan fingerprint density at radius 1 is 1.00 bits per heavy atom. The third-order valence-electron chi connectivity index (χ3n) is 5.90. The summed E-state index contributed by atoms with van der Waals surface area (Å²) < 4.78 is 10.5. The van der Waals surface area contributed by atoms with Gasteiger partial charge in [0.05, 0.1) is 14.2 Å². The average molecular weight is 404 g/mol. The van der Waals surface area contributed by atoms with Crippen molar-refractivity contribution in [2.75, 3.05) is 33.9 Å².